The van der Waals surface area contributed by atoms with Crippen LogP contribution in [0.15, 0.2) is 30.6 Å². The van der Waals surface area contributed by atoms with Crippen LogP contribution in [0.25, 0.3) is 0 Å². The molecule has 1 aromatic heterocycles. The summed E-state index contributed by atoms with van der Waals surface area (Å²) in [6.45, 7) is 6.85. The van der Waals surface area contributed by atoms with E-state index >= 15 is 0 Å². The Kier molecular flexibility index (Phi) is 3.74. The predicted molar refractivity (Wildman–Crippen MR) is 78.9 cm³/mol. The van der Waals surface area contributed by atoms with Gasteiger partial charge < -0.3 is 14.6 Å². The zero-order valence-corrected chi connectivity index (χ0v) is 12.1. The Morgan fingerprint density at radius 3 is 3.20 bits per heavy atom. The summed E-state index contributed by atoms with van der Waals surface area (Å²) in [6.07, 6.45) is 5.08. The average molecular weight is 271 g/mol. The molecule has 1 aromatic carbocycles. The first-order valence-corrected chi connectivity index (χ1v) is 7.23. The van der Waals surface area contributed by atoms with Crippen LogP contribution >= 0.6 is 0 Å². The van der Waals surface area contributed by atoms with Gasteiger partial charge in [0, 0.05) is 18.8 Å². The molecule has 1 N–H and O–H groups in total. The molecule has 0 spiro atoms. The van der Waals surface area contributed by atoms with Gasteiger partial charge in [-0.3, -0.25) is 0 Å². The van der Waals surface area contributed by atoms with E-state index in [4.69, 9.17) is 4.74 Å². The molecule has 1 atom stereocenters. The number of nitrogens with zero attached hydrogens (tertiary/aromatic N) is 2. The Morgan fingerprint density at radius 2 is 2.35 bits per heavy atom. The molecular formula is C16H21N3O. The first kappa shape index (κ1) is 13.2. The lowest BCUT2D eigenvalue weighted by Crippen LogP contribution is -2.24. The smallest absolute Gasteiger partial charge is 0.123 e. The maximum atomic E-state index is 6.03. The summed E-state index contributed by atoms with van der Waals surface area (Å²) < 4.78 is 8.21. The molecule has 1 aliphatic heterocycles. The first-order chi connectivity index (χ1) is 9.76. The summed E-state index contributed by atoms with van der Waals surface area (Å²) in [6, 6.07) is 6.41. The number of benzene rings is 1. The molecule has 0 amide bonds. The van der Waals surface area contributed by atoms with Gasteiger partial charge in [-0.15, -0.1) is 0 Å². The lowest BCUT2D eigenvalue weighted by Gasteiger charge is -2.14. The number of hydrogen-bond donors (Lipinski definition) is 1. The average Bonchev–Trinajstić information content (AvgIpc) is 3.02. The fourth-order valence-electron chi connectivity index (χ4n) is 2.68. The molecule has 0 radical (unpaired) electrons. The number of aryl methyl sites for hydroxylation is 1. The molecule has 2 aromatic rings. The lowest BCUT2D eigenvalue weighted by molar-refractivity contribution is 0.207. The zero-order chi connectivity index (χ0) is 13.9. The molecule has 2 heterocycles. The predicted octanol–water partition coefficient (Wildman–Crippen LogP) is 2.30. The molecule has 0 fully saturated rings. The van der Waals surface area contributed by atoms with Gasteiger partial charge in [-0.2, -0.15) is 0 Å². The van der Waals surface area contributed by atoms with E-state index in [1.165, 1.54) is 11.1 Å². The van der Waals surface area contributed by atoms with Gasteiger partial charge in [0.05, 0.1) is 13.1 Å². The monoisotopic (exact) mass is 271 g/mol. The van der Waals surface area contributed by atoms with Crippen LogP contribution in [0.2, 0.25) is 0 Å². The van der Waals surface area contributed by atoms with Crippen molar-refractivity contribution in [3.8, 4) is 5.75 Å². The second-order valence-corrected chi connectivity index (χ2v) is 5.33. The molecule has 4 heteroatoms. The van der Waals surface area contributed by atoms with E-state index in [2.05, 4.69) is 46.9 Å². The van der Waals surface area contributed by atoms with Gasteiger partial charge in [0.15, 0.2) is 0 Å². The van der Waals surface area contributed by atoms with Crippen LogP contribution in [0, 0.1) is 6.92 Å². The number of imidazole rings is 1. The fourth-order valence-corrected chi connectivity index (χ4v) is 2.68. The van der Waals surface area contributed by atoms with Crippen molar-refractivity contribution in [1.29, 1.82) is 0 Å². The minimum atomic E-state index is 0.210. The molecule has 1 unspecified atom stereocenters. The topological polar surface area (TPSA) is 39.1 Å². The highest BCUT2D eigenvalue weighted by atomic mass is 16.5. The Balaban J connectivity index is 1.67. The summed E-state index contributed by atoms with van der Waals surface area (Å²) in [5.74, 6) is 2.11. The molecule has 0 aliphatic carbocycles. The number of fused-ring (bicyclic) bond motifs is 1. The second kappa shape index (κ2) is 5.67. The van der Waals surface area contributed by atoms with Crippen molar-refractivity contribution in [1.82, 2.24) is 14.9 Å². The van der Waals surface area contributed by atoms with E-state index in [0.29, 0.717) is 0 Å². The molecule has 4 nitrogen and oxygen atoms in total. The van der Waals surface area contributed by atoms with E-state index < -0.39 is 0 Å². The van der Waals surface area contributed by atoms with E-state index in [0.717, 1.165) is 37.6 Å². The molecular weight excluding hydrogens is 250 g/mol. The number of rotatable bonds is 5. The normalized spacial score (nSPS) is 17.0. The maximum absolute atomic E-state index is 6.03. The van der Waals surface area contributed by atoms with Crippen molar-refractivity contribution >= 4 is 0 Å². The minimum Gasteiger partial charge on any atom is -0.488 e. The summed E-state index contributed by atoms with van der Waals surface area (Å²) in [5, 5.41) is 3.32. The quantitative estimate of drug-likeness (QED) is 0.907. The van der Waals surface area contributed by atoms with Crippen LogP contribution in [0.5, 0.6) is 5.75 Å². The summed E-state index contributed by atoms with van der Waals surface area (Å²) >= 11 is 0. The van der Waals surface area contributed by atoms with Gasteiger partial charge in [-0.25, -0.2) is 4.98 Å². The van der Waals surface area contributed by atoms with Crippen LogP contribution in [0.1, 0.15) is 23.9 Å². The van der Waals surface area contributed by atoms with Crippen molar-refractivity contribution in [2.75, 3.05) is 6.54 Å². The Hall–Kier alpha value is -1.81. The number of hydrogen-bond acceptors (Lipinski definition) is 3. The molecule has 1 aliphatic rings. The third-order valence-corrected chi connectivity index (χ3v) is 3.69. The second-order valence-electron chi connectivity index (χ2n) is 5.33. The van der Waals surface area contributed by atoms with Gasteiger partial charge in [0.25, 0.3) is 0 Å². The third-order valence-electron chi connectivity index (χ3n) is 3.69. The highest BCUT2D eigenvalue weighted by Crippen LogP contribution is 2.30. The van der Waals surface area contributed by atoms with Crippen molar-refractivity contribution in [2.24, 2.45) is 0 Å². The molecule has 20 heavy (non-hydrogen) atoms. The first-order valence-electron chi connectivity index (χ1n) is 7.23. The highest BCUT2D eigenvalue weighted by Gasteiger charge is 2.23. The van der Waals surface area contributed by atoms with E-state index in [9.17, 15) is 0 Å². The van der Waals surface area contributed by atoms with Crippen LogP contribution in [0.3, 0.4) is 0 Å². The third kappa shape index (κ3) is 2.70. The summed E-state index contributed by atoms with van der Waals surface area (Å²) in [7, 11) is 0. The molecule has 0 saturated carbocycles. The lowest BCUT2D eigenvalue weighted by atomic mass is 10.1. The molecule has 0 saturated heterocycles. The minimum absolute atomic E-state index is 0.210. The molecule has 106 valence electrons. The standard InChI is InChI=1S/C16H21N3O/c1-3-17-10-16-18-6-7-19(16)11-14-9-13-8-12(2)4-5-15(13)20-14/h4-8,14,17H,3,9-11H2,1-2H3. The summed E-state index contributed by atoms with van der Waals surface area (Å²) in [5.41, 5.74) is 2.62. The number of aromatic nitrogens is 2. The van der Waals surface area contributed by atoms with Crippen molar-refractivity contribution in [2.45, 2.75) is 39.5 Å². The van der Waals surface area contributed by atoms with Crippen LogP contribution in [0.4, 0.5) is 0 Å². The number of ether oxygens (including phenoxy) is 1. The van der Waals surface area contributed by atoms with E-state index in [-0.39, 0.29) is 6.10 Å². The van der Waals surface area contributed by atoms with Crippen LogP contribution in [-0.4, -0.2) is 22.2 Å². The Bertz CT molecular complexity index is 591. The summed E-state index contributed by atoms with van der Waals surface area (Å²) in [4.78, 5) is 4.40. The van der Waals surface area contributed by atoms with Gasteiger partial charge >= 0.3 is 0 Å². The van der Waals surface area contributed by atoms with E-state index in [1.807, 2.05) is 12.4 Å². The maximum Gasteiger partial charge on any atom is 0.123 e. The molecule has 0 bridgehead atoms. The van der Waals surface area contributed by atoms with Crippen molar-refractivity contribution < 1.29 is 4.74 Å². The van der Waals surface area contributed by atoms with Gasteiger partial charge in [0.2, 0.25) is 0 Å². The van der Waals surface area contributed by atoms with E-state index in [1.54, 1.807) is 0 Å². The van der Waals surface area contributed by atoms with Crippen molar-refractivity contribution in [3.05, 3.63) is 47.5 Å². The van der Waals surface area contributed by atoms with Gasteiger partial charge in [-0.1, -0.05) is 24.6 Å². The van der Waals surface area contributed by atoms with Gasteiger partial charge in [0.1, 0.15) is 17.7 Å². The van der Waals surface area contributed by atoms with Crippen LogP contribution in [-0.2, 0) is 19.5 Å². The fraction of sp³-hybridized carbons (Fsp3) is 0.438. The number of nitrogens with one attached hydrogen (secondary N) is 1. The van der Waals surface area contributed by atoms with Crippen molar-refractivity contribution in [3.63, 3.8) is 0 Å². The SMILES string of the molecule is CCNCc1nccn1CC1Cc2cc(C)ccc2O1. The highest BCUT2D eigenvalue weighted by molar-refractivity contribution is 5.40. The Morgan fingerprint density at radius 1 is 1.45 bits per heavy atom. The largest absolute Gasteiger partial charge is 0.488 e. The zero-order valence-electron chi connectivity index (χ0n) is 12.1. The van der Waals surface area contributed by atoms with Crippen LogP contribution < -0.4 is 10.1 Å². The molecule has 3 rings (SSSR count). The van der Waals surface area contributed by atoms with Gasteiger partial charge in [-0.05, 0) is 25.1 Å². The Labute approximate surface area is 119 Å².